The molecule has 3 aromatic carbocycles. The fraction of sp³-hybridized carbons (Fsp3) is 0.259. The van der Waals surface area contributed by atoms with Crippen LogP contribution in [0.15, 0.2) is 72.8 Å². The third kappa shape index (κ3) is 5.95. The number of hydrogen-bond acceptors (Lipinski definition) is 3. The van der Waals surface area contributed by atoms with Crippen LogP contribution in [-0.2, 0) is 5.41 Å². The second-order valence-electron chi connectivity index (χ2n) is 8.83. The minimum atomic E-state index is -0.0143. The van der Waals surface area contributed by atoms with Gasteiger partial charge in [-0.05, 0) is 59.9 Å². The molecule has 2 N–H and O–H groups in total. The molecule has 0 saturated heterocycles. The van der Waals surface area contributed by atoms with E-state index >= 15 is 0 Å². The summed E-state index contributed by atoms with van der Waals surface area (Å²) in [4.78, 5) is 13.0. The number of carbonyl (C=O) groups excluding carboxylic acids is 1. The summed E-state index contributed by atoms with van der Waals surface area (Å²) in [5.41, 5.74) is 4.40. The predicted molar refractivity (Wildman–Crippen MR) is 136 cm³/mol. The molecule has 5 heteroatoms. The van der Waals surface area contributed by atoms with E-state index in [1.807, 2.05) is 79.7 Å². The van der Waals surface area contributed by atoms with E-state index in [0.717, 1.165) is 17.0 Å². The summed E-state index contributed by atoms with van der Waals surface area (Å²) in [5.74, 6) is 0.802. The van der Waals surface area contributed by atoms with Gasteiger partial charge in [0.15, 0.2) is 10.9 Å². The second-order valence-corrected chi connectivity index (χ2v) is 9.24. The Bertz CT molecular complexity index is 1080. The van der Waals surface area contributed by atoms with Gasteiger partial charge >= 0.3 is 0 Å². The Morgan fingerprint density at radius 3 is 2.19 bits per heavy atom. The topological polar surface area (TPSA) is 50.4 Å². The highest BCUT2D eigenvalue weighted by molar-refractivity contribution is 7.80. The Balaban J connectivity index is 1.66. The van der Waals surface area contributed by atoms with Gasteiger partial charge in [0, 0.05) is 16.8 Å². The molecule has 166 valence electrons. The van der Waals surface area contributed by atoms with Crippen LogP contribution in [0, 0.1) is 0 Å². The fourth-order valence-electron chi connectivity index (χ4n) is 3.37. The number of nitrogens with one attached hydrogen (secondary N) is 2. The Morgan fingerprint density at radius 1 is 0.938 bits per heavy atom. The molecule has 0 radical (unpaired) electrons. The summed E-state index contributed by atoms with van der Waals surface area (Å²) in [6.07, 6.45) is 0. The maximum absolute atomic E-state index is 13.0. The SMILES string of the molecule is COc1ccc([C@H](C)NC(=S)Nc2cccc(C(=O)c3ccc(C(C)(C)C)cc3)c2)cc1. The lowest BCUT2D eigenvalue weighted by molar-refractivity contribution is 0.103. The summed E-state index contributed by atoms with van der Waals surface area (Å²) < 4.78 is 5.21. The van der Waals surface area contributed by atoms with E-state index in [-0.39, 0.29) is 17.2 Å². The van der Waals surface area contributed by atoms with Crippen LogP contribution in [0.2, 0.25) is 0 Å². The Morgan fingerprint density at radius 2 is 1.59 bits per heavy atom. The number of hydrogen-bond donors (Lipinski definition) is 2. The molecule has 0 spiro atoms. The Labute approximate surface area is 196 Å². The summed E-state index contributed by atoms with van der Waals surface area (Å²) in [7, 11) is 1.65. The van der Waals surface area contributed by atoms with Gasteiger partial charge in [0.25, 0.3) is 0 Å². The molecule has 0 unspecified atom stereocenters. The van der Waals surface area contributed by atoms with Crippen molar-refractivity contribution in [2.45, 2.75) is 39.2 Å². The monoisotopic (exact) mass is 446 g/mol. The van der Waals surface area contributed by atoms with Crippen LogP contribution in [0.5, 0.6) is 5.75 Å². The van der Waals surface area contributed by atoms with Crippen LogP contribution < -0.4 is 15.4 Å². The number of rotatable bonds is 6. The molecule has 0 heterocycles. The van der Waals surface area contributed by atoms with E-state index in [4.69, 9.17) is 17.0 Å². The third-order valence-corrected chi connectivity index (χ3v) is 5.58. The van der Waals surface area contributed by atoms with E-state index in [0.29, 0.717) is 16.2 Å². The normalized spacial score (nSPS) is 12.0. The minimum Gasteiger partial charge on any atom is -0.497 e. The largest absolute Gasteiger partial charge is 0.497 e. The summed E-state index contributed by atoms with van der Waals surface area (Å²) in [5, 5.41) is 6.95. The molecular formula is C27H30N2O2S. The molecular weight excluding hydrogens is 416 g/mol. The molecule has 0 fully saturated rings. The lowest BCUT2D eigenvalue weighted by Gasteiger charge is -2.19. The standard InChI is InChI=1S/C27H30N2O2S/c1-18(19-11-15-24(31-5)16-12-19)28-26(32)29-23-8-6-7-21(17-23)25(30)20-9-13-22(14-10-20)27(2,3)4/h6-18H,1-5H3,(H2,28,29,32)/t18-/m0/s1. The first kappa shape index (κ1) is 23.5. The van der Waals surface area contributed by atoms with Gasteiger partial charge in [-0.25, -0.2) is 0 Å². The smallest absolute Gasteiger partial charge is 0.193 e. The van der Waals surface area contributed by atoms with E-state index < -0.39 is 0 Å². The molecule has 0 aliphatic carbocycles. The van der Waals surface area contributed by atoms with Gasteiger partial charge in [-0.1, -0.05) is 69.3 Å². The maximum atomic E-state index is 13.0. The van der Waals surface area contributed by atoms with Gasteiger partial charge in [-0.2, -0.15) is 0 Å². The van der Waals surface area contributed by atoms with Crippen molar-refractivity contribution in [3.63, 3.8) is 0 Å². The second kappa shape index (κ2) is 9.96. The molecule has 3 aromatic rings. The van der Waals surface area contributed by atoms with Crippen molar-refractivity contribution in [2.24, 2.45) is 0 Å². The Kier molecular flexibility index (Phi) is 7.31. The van der Waals surface area contributed by atoms with Crippen molar-refractivity contribution in [3.8, 4) is 5.75 Å². The molecule has 3 rings (SSSR count). The molecule has 0 saturated carbocycles. The summed E-state index contributed by atoms with van der Waals surface area (Å²) in [6, 6.07) is 23.1. The number of methoxy groups -OCH3 is 1. The number of thiocarbonyl (C=S) groups is 1. The van der Waals surface area contributed by atoms with Crippen molar-refractivity contribution in [1.82, 2.24) is 5.32 Å². The number of benzene rings is 3. The van der Waals surface area contributed by atoms with Crippen molar-refractivity contribution in [2.75, 3.05) is 12.4 Å². The average Bonchev–Trinajstić information content (AvgIpc) is 2.78. The van der Waals surface area contributed by atoms with Gasteiger partial charge in [-0.3, -0.25) is 4.79 Å². The molecule has 0 aliphatic heterocycles. The molecule has 0 aliphatic rings. The highest BCUT2D eigenvalue weighted by Gasteiger charge is 2.15. The first-order chi connectivity index (χ1) is 15.2. The lowest BCUT2D eigenvalue weighted by atomic mass is 9.86. The molecule has 0 amide bonds. The quantitative estimate of drug-likeness (QED) is 0.345. The zero-order valence-electron chi connectivity index (χ0n) is 19.2. The number of anilines is 1. The Hall–Kier alpha value is -3.18. The average molecular weight is 447 g/mol. The molecule has 4 nitrogen and oxygen atoms in total. The lowest BCUT2D eigenvalue weighted by Crippen LogP contribution is -2.30. The molecule has 0 aromatic heterocycles. The van der Waals surface area contributed by atoms with Gasteiger partial charge in [-0.15, -0.1) is 0 Å². The van der Waals surface area contributed by atoms with Gasteiger partial charge < -0.3 is 15.4 Å². The van der Waals surface area contributed by atoms with Crippen LogP contribution in [0.3, 0.4) is 0 Å². The molecule has 32 heavy (non-hydrogen) atoms. The van der Waals surface area contributed by atoms with Crippen molar-refractivity contribution in [1.29, 1.82) is 0 Å². The molecule has 0 bridgehead atoms. The number of ketones is 1. The van der Waals surface area contributed by atoms with Crippen LogP contribution in [0.25, 0.3) is 0 Å². The highest BCUT2D eigenvalue weighted by Crippen LogP contribution is 2.23. The van der Waals surface area contributed by atoms with Crippen LogP contribution in [0.1, 0.15) is 60.8 Å². The van der Waals surface area contributed by atoms with Crippen molar-refractivity contribution >= 4 is 28.8 Å². The van der Waals surface area contributed by atoms with E-state index in [1.165, 1.54) is 5.56 Å². The fourth-order valence-corrected chi connectivity index (χ4v) is 3.66. The van der Waals surface area contributed by atoms with Gasteiger partial charge in [0.1, 0.15) is 5.75 Å². The number of carbonyl (C=O) groups is 1. The first-order valence-electron chi connectivity index (χ1n) is 10.6. The zero-order valence-corrected chi connectivity index (χ0v) is 20.0. The minimum absolute atomic E-state index is 0.0143. The maximum Gasteiger partial charge on any atom is 0.193 e. The third-order valence-electron chi connectivity index (χ3n) is 5.36. The first-order valence-corrected chi connectivity index (χ1v) is 11.0. The van der Waals surface area contributed by atoms with Crippen molar-refractivity contribution < 1.29 is 9.53 Å². The highest BCUT2D eigenvalue weighted by atomic mass is 32.1. The van der Waals surface area contributed by atoms with Crippen molar-refractivity contribution in [3.05, 3.63) is 95.1 Å². The molecule has 1 atom stereocenters. The van der Waals surface area contributed by atoms with Crippen LogP contribution in [0.4, 0.5) is 5.69 Å². The van der Waals surface area contributed by atoms with Gasteiger partial charge in [0.2, 0.25) is 0 Å². The van der Waals surface area contributed by atoms with E-state index in [1.54, 1.807) is 7.11 Å². The number of ether oxygens (including phenoxy) is 1. The zero-order chi connectivity index (χ0) is 23.3. The van der Waals surface area contributed by atoms with Gasteiger partial charge in [0.05, 0.1) is 13.2 Å². The predicted octanol–water partition coefficient (Wildman–Crippen LogP) is 6.27. The van der Waals surface area contributed by atoms with Crippen LogP contribution in [-0.4, -0.2) is 18.0 Å². The van der Waals surface area contributed by atoms with Crippen LogP contribution >= 0.6 is 12.2 Å². The van der Waals surface area contributed by atoms with E-state index in [2.05, 4.69) is 31.4 Å². The van der Waals surface area contributed by atoms with E-state index in [9.17, 15) is 4.79 Å². The summed E-state index contributed by atoms with van der Waals surface area (Å²) in [6.45, 7) is 8.51. The summed E-state index contributed by atoms with van der Waals surface area (Å²) >= 11 is 5.48.